The van der Waals surface area contributed by atoms with Crippen molar-refractivity contribution in [2.75, 3.05) is 32.8 Å². The smallest absolute Gasteiger partial charge is 0.194 e. The molecule has 25 heavy (non-hydrogen) atoms. The third kappa shape index (κ3) is 4.75. The number of hydrogen-bond acceptors (Lipinski definition) is 3. The molecule has 0 amide bonds. The summed E-state index contributed by atoms with van der Waals surface area (Å²) in [7, 11) is 1.97. The fraction of sp³-hybridized carbons (Fsp3) is 0.474. The van der Waals surface area contributed by atoms with Crippen LogP contribution in [0.25, 0.3) is 0 Å². The number of likely N-dealkylation sites (tertiary alicyclic amines) is 1. The second-order valence-corrected chi connectivity index (χ2v) is 6.28. The van der Waals surface area contributed by atoms with E-state index in [1.54, 1.807) is 0 Å². The lowest BCUT2D eigenvalue weighted by Gasteiger charge is -2.21. The van der Waals surface area contributed by atoms with Gasteiger partial charge in [0.15, 0.2) is 5.96 Å². The molecule has 2 heterocycles. The largest absolute Gasteiger partial charge is 0.492 e. The number of rotatable bonds is 6. The lowest BCUT2D eigenvalue weighted by Crippen LogP contribution is -2.40. The molecule has 0 bridgehead atoms. The van der Waals surface area contributed by atoms with E-state index in [9.17, 15) is 0 Å². The number of benzene rings is 1. The van der Waals surface area contributed by atoms with Gasteiger partial charge in [-0.05, 0) is 31.0 Å². The van der Waals surface area contributed by atoms with Crippen molar-refractivity contribution in [3.05, 3.63) is 48.3 Å². The Morgan fingerprint density at radius 3 is 2.92 bits per heavy atom. The highest BCUT2D eigenvalue weighted by atomic mass is 16.5. The lowest BCUT2D eigenvalue weighted by molar-refractivity contribution is 0.327. The quantitative estimate of drug-likeness (QED) is 0.497. The topological polar surface area (TPSA) is 54.7 Å². The SMILES string of the molecule is CCNC(=NCCOc1ccccc1)N1CCC(c2cnn(C)c2)C1. The summed E-state index contributed by atoms with van der Waals surface area (Å²) in [5, 5.41) is 7.69. The first kappa shape index (κ1) is 17.3. The van der Waals surface area contributed by atoms with Crippen molar-refractivity contribution in [2.45, 2.75) is 19.3 Å². The van der Waals surface area contributed by atoms with E-state index in [4.69, 9.17) is 9.73 Å². The number of nitrogens with zero attached hydrogens (tertiary/aromatic N) is 4. The van der Waals surface area contributed by atoms with Crippen molar-refractivity contribution in [2.24, 2.45) is 12.0 Å². The van der Waals surface area contributed by atoms with Crippen LogP contribution in [-0.2, 0) is 7.05 Å². The van der Waals surface area contributed by atoms with Crippen molar-refractivity contribution in [1.29, 1.82) is 0 Å². The van der Waals surface area contributed by atoms with E-state index in [0.29, 0.717) is 19.1 Å². The fourth-order valence-electron chi connectivity index (χ4n) is 3.13. The molecule has 1 aliphatic heterocycles. The zero-order chi connectivity index (χ0) is 17.5. The number of ether oxygens (including phenoxy) is 1. The number of aliphatic imine (C=N–C) groups is 1. The van der Waals surface area contributed by atoms with Crippen molar-refractivity contribution in [3.63, 3.8) is 0 Å². The van der Waals surface area contributed by atoms with Crippen LogP contribution in [0.3, 0.4) is 0 Å². The summed E-state index contributed by atoms with van der Waals surface area (Å²) < 4.78 is 7.60. The lowest BCUT2D eigenvalue weighted by atomic mass is 10.0. The van der Waals surface area contributed by atoms with Crippen LogP contribution in [0.5, 0.6) is 5.75 Å². The van der Waals surface area contributed by atoms with Crippen LogP contribution in [0.15, 0.2) is 47.7 Å². The Bertz CT molecular complexity index is 682. The van der Waals surface area contributed by atoms with E-state index in [0.717, 1.165) is 37.8 Å². The van der Waals surface area contributed by atoms with Crippen LogP contribution in [0.1, 0.15) is 24.8 Å². The van der Waals surface area contributed by atoms with E-state index in [-0.39, 0.29) is 0 Å². The molecular formula is C19H27N5O. The highest BCUT2D eigenvalue weighted by Gasteiger charge is 2.26. The van der Waals surface area contributed by atoms with Gasteiger partial charge in [0.1, 0.15) is 12.4 Å². The van der Waals surface area contributed by atoms with Gasteiger partial charge in [0, 0.05) is 38.8 Å². The molecule has 1 aromatic carbocycles. The van der Waals surface area contributed by atoms with Crippen LogP contribution in [0, 0.1) is 0 Å². The number of guanidine groups is 1. The van der Waals surface area contributed by atoms with Gasteiger partial charge in [0.05, 0.1) is 12.7 Å². The van der Waals surface area contributed by atoms with Crippen molar-refractivity contribution >= 4 is 5.96 Å². The maximum absolute atomic E-state index is 5.73. The van der Waals surface area contributed by atoms with Gasteiger partial charge in [0.25, 0.3) is 0 Å². The molecule has 1 aliphatic rings. The average Bonchev–Trinajstić information content (AvgIpc) is 3.27. The molecule has 1 unspecified atom stereocenters. The van der Waals surface area contributed by atoms with Crippen LogP contribution >= 0.6 is 0 Å². The van der Waals surface area contributed by atoms with E-state index in [2.05, 4.69) is 28.4 Å². The first-order valence-electron chi connectivity index (χ1n) is 8.96. The maximum atomic E-state index is 5.73. The van der Waals surface area contributed by atoms with Gasteiger partial charge < -0.3 is 15.0 Å². The first-order chi connectivity index (χ1) is 12.3. The molecular weight excluding hydrogens is 314 g/mol. The van der Waals surface area contributed by atoms with E-state index in [1.807, 2.05) is 48.3 Å². The Morgan fingerprint density at radius 1 is 1.36 bits per heavy atom. The van der Waals surface area contributed by atoms with Gasteiger partial charge in [-0.15, -0.1) is 0 Å². The molecule has 0 radical (unpaired) electrons. The molecule has 1 fully saturated rings. The highest BCUT2D eigenvalue weighted by Crippen LogP contribution is 2.26. The van der Waals surface area contributed by atoms with Crippen molar-refractivity contribution < 1.29 is 4.74 Å². The standard InChI is InChI=1S/C19H27N5O/c1-3-20-19(21-10-12-25-18-7-5-4-6-8-18)24-11-9-16(15-24)17-13-22-23(2)14-17/h4-8,13-14,16H,3,9-12,15H2,1-2H3,(H,20,21). The Balaban J connectivity index is 1.53. The Hall–Kier alpha value is -2.50. The highest BCUT2D eigenvalue weighted by molar-refractivity contribution is 5.80. The Morgan fingerprint density at radius 2 is 2.20 bits per heavy atom. The summed E-state index contributed by atoms with van der Waals surface area (Å²) >= 11 is 0. The van der Waals surface area contributed by atoms with Gasteiger partial charge in [-0.25, -0.2) is 4.99 Å². The average molecular weight is 341 g/mol. The number of para-hydroxylation sites is 1. The van der Waals surface area contributed by atoms with Gasteiger partial charge in [-0.3, -0.25) is 4.68 Å². The predicted molar refractivity (Wildman–Crippen MR) is 100 cm³/mol. The van der Waals surface area contributed by atoms with Crippen LogP contribution in [-0.4, -0.2) is 53.4 Å². The van der Waals surface area contributed by atoms with Gasteiger partial charge >= 0.3 is 0 Å². The van der Waals surface area contributed by atoms with Crippen LogP contribution in [0.4, 0.5) is 0 Å². The number of hydrogen-bond donors (Lipinski definition) is 1. The number of aromatic nitrogens is 2. The minimum Gasteiger partial charge on any atom is -0.492 e. The van der Waals surface area contributed by atoms with Gasteiger partial charge in [0.2, 0.25) is 0 Å². The molecule has 134 valence electrons. The third-order valence-electron chi connectivity index (χ3n) is 4.38. The summed E-state index contributed by atoms with van der Waals surface area (Å²) in [6, 6.07) is 9.87. The Labute approximate surface area is 149 Å². The normalized spacial score (nSPS) is 17.8. The second kappa shape index (κ2) is 8.55. The van der Waals surface area contributed by atoms with E-state index in [1.165, 1.54) is 5.56 Å². The summed E-state index contributed by atoms with van der Waals surface area (Å²) in [6.07, 6.45) is 5.23. The predicted octanol–water partition coefficient (Wildman–Crippen LogP) is 2.25. The number of nitrogens with one attached hydrogen (secondary N) is 1. The van der Waals surface area contributed by atoms with E-state index >= 15 is 0 Å². The Kier molecular flexibility index (Phi) is 5.93. The molecule has 2 aromatic rings. The fourth-order valence-corrected chi connectivity index (χ4v) is 3.13. The second-order valence-electron chi connectivity index (χ2n) is 6.28. The monoisotopic (exact) mass is 341 g/mol. The first-order valence-corrected chi connectivity index (χ1v) is 8.96. The molecule has 1 atom stereocenters. The number of aryl methyl sites for hydroxylation is 1. The van der Waals surface area contributed by atoms with E-state index < -0.39 is 0 Å². The zero-order valence-corrected chi connectivity index (χ0v) is 15.1. The van der Waals surface area contributed by atoms with Crippen molar-refractivity contribution in [1.82, 2.24) is 20.0 Å². The van der Waals surface area contributed by atoms with Gasteiger partial charge in [-0.2, -0.15) is 5.10 Å². The third-order valence-corrected chi connectivity index (χ3v) is 4.38. The van der Waals surface area contributed by atoms with Crippen LogP contribution in [0.2, 0.25) is 0 Å². The molecule has 1 aromatic heterocycles. The van der Waals surface area contributed by atoms with Crippen LogP contribution < -0.4 is 10.1 Å². The molecule has 0 saturated carbocycles. The summed E-state index contributed by atoms with van der Waals surface area (Å²) in [4.78, 5) is 7.07. The molecule has 0 spiro atoms. The van der Waals surface area contributed by atoms with Gasteiger partial charge in [-0.1, -0.05) is 18.2 Å². The molecule has 6 heteroatoms. The summed E-state index contributed by atoms with van der Waals surface area (Å²) in [6.45, 7) is 6.20. The van der Waals surface area contributed by atoms with Crippen molar-refractivity contribution in [3.8, 4) is 5.75 Å². The maximum Gasteiger partial charge on any atom is 0.194 e. The molecule has 3 rings (SSSR count). The minimum atomic E-state index is 0.526. The molecule has 1 N–H and O–H groups in total. The molecule has 0 aliphatic carbocycles. The summed E-state index contributed by atoms with van der Waals surface area (Å²) in [5.74, 6) is 2.39. The zero-order valence-electron chi connectivity index (χ0n) is 15.1. The molecule has 1 saturated heterocycles. The minimum absolute atomic E-state index is 0.526. The summed E-state index contributed by atoms with van der Waals surface area (Å²) in [5.41, 5.74) is 1.31. The molecule has 6 nitrogen and oxygen atoms in total.